The molecule has 7 nitrogen and oxygen atoms in total. The van der Waals surface area contributed by atoms with Gasteiger partial charge in [0.1, 0.15) is 0 Å². The molecule has 0 heterocycles. The molecule has 1 N–H and O–H groups in total. The Morgan fingerprint density at radius 2 is 1.87 bits per heavy atom. The molecule has 0 fully saturated rings. The molecule has 23 heavy (non-hydrogen) atoms. The van der Waals surface area contributed by atoms with Gasteiger partial charge in [-0.2, -0.15) is 5.26 Å². The molecule has 0 saturated heterocycles. The molecule has 1 atom stereocenters. The highest BCUT2D eigenvalue weighted by Crippen LogP contribution is 2.45. The molecule has 0 aliphatic rings. The number of rotatable bonds is 11. The minimum atomic E-state index is -3.25. The van der Waals surface area contributed by atoms with Crippen molar-refractivity contribution in [3.63, 3.8) is 0 Å². The molecule has 0 spiro atoms. The summed E-state index contributed by atoms with van der Waals surface area (Å²) in [6.45, 7) is 8.23. The molecule has 0 saturated carbocycles. The number of sulfone groups is 1. The van der Waals surface area contributed by atoms with Crippen molar-refractivity contribution in [2.45, 2.75) is 53.1 Å². The summed E-state index contributed by atoms with van der Waals surface area (Å²) in [4.78, 5) is 0. The first-order valence-electron chi connectivity index (χ1n) is 8.48. The Labute approximate surface area is 145 Å². The molecular weight excluding hydrogens is 339 g/mol. The van der Waals surface area contributed by atoms with Crippen LogP contribution in [0.15, 0.2) is 0 Å². The Morgan fingerprint density at radius 1 is 1.35 bits per heavy atom. The second kappa shape index (κ2) is 14.1. The summed E-state index contributed by atoms with van der Waals surface area (Å²) in [5.41, 5.74) is 0. The second-order valence-corrected chi connectivity index (χ2v) is 8.79. The minimum absolute atomic E-state index is 0.0382. The van der Waals surface area contributed by atoms with Gasteiger partial charge < -0.3 is 14.2 Å². The summed E-state index contributed by atoms with van der Waals surface area (Å²) >= 11 is 0. The zero-order valence-electron chi connectivity index (χ0n) is 16.7. The van der Waals surface area contributed by atoms with Gasteiger partial charge >= 0.3 is 0 Å². The van der Waals surface area contributed by atoms with E-state index in [0.29, 0.717) is 0 Å². The average Bonchev–Trinajstić information content (AvgIpc) is 2.46. The van der Waals surface area contributed by atoms with Gasteiger partial charge in [0.15, 0.2) is 9.84 Å². The minimum Gasteiger partial charge on any atom is -0.400 e. The van der Waals surface area contributed by atoms with Crippen LogP contribution in [0.2, 0.25) is 0 Å². The van der Waals surface area contributed by atoms with Crippen LogP contribution >= 0.6 is 8.53 Å². The highest BCUT2D eigenvalue weighted by Gasteiger charge is 2.27. The molecular formula is C14H31N2O5PS. The SMILES string of the molecule is [2H]CCS(=O)(=O)CCOP(OCCC#N)N(C(C)C)C(C)C.[3H]OC. The van der Waals surface area contributed by atoms with Gasteiger partial charge in [0, 0.05) is 26.3 Å². The molecule has 0 bridgehead atoms. The number of aliphatic hydroxyl groups is 1. The lowest BCUT2D eigenvalue weighted by Gasteiger charge is -2.35. The molecule has 9 heteroatoms. The van der Waals surface area contributed by atoms with E-state index in [-0.39, 0.29) is 50.1 Å². The predicted octanol–water partition coefficient (Wildman–Crippen LogP) is 2.32. The standard InChI is InChI=1S/C13H27N2O4PS.CH4O/c1-6-21(16,17)11-10-19-20(18-9-7-8-14)15(12(2)3)13(4)5;1-2/h12-13H,6-7,9-11H2,1-5H3;2H,1H3/i1D;2T. The van der Waals surface area contributed by atoms with Crippen molar-refractivity contribution in [2.24, 2.45) is 0 Å². The second-order valence-electron chi connectivity index (χ2n) is 5.03. The lowest BCUT2D eigenvalue weighted by atomic mass is 10.3. The Bertz CT molecular complexity index is 453. The molecule has 0 aliphatic heterocycles. The van der Waals surface area contributed by atoms with E-state index in [9.17, 15) is 8.42 Å². The number of aliphatic hydroxyl groups excluding tert-OH is 1. The van der Waals surface area contributed by atoms with Crippen molar-refractivity contribution in [1.29, 1.82) is 6.69 Å². The van der Waals surface area contributed by atoms with Crippen LogP contribution in [0.5, 0.6) is 0 Å². The van der Waals surface area contributed by atoms with E-state index >= 15 is 0 Å². The molecule has 0 rings (SSSR count). The van der Waals surface area contributed by atoms with Crippen LogP contribution < -0.4 is 0 Å². The van der Waals surface area contributed by atoms with Gasteiger partial charge in [-0.3, -0.25) is 0 Å². The number of hydrogen-bond acceptors (Lipinski definition) is 7. The van der Waals surface area contributed by atoms with Crippen molar-refractivity contribution in [1.82, 2.24) is 4.67 Å². The smallest absolute Gasteiger partial charge is 0.259 e. The van der Waals surface area contributed by atoms with Crippen molar-refractivity contribution in [3.05, 3.63) is 0 Å². The van der Waals surface area contributed by atoms with Gasteiger partial charge in [0.05, 0.1) is 31.5 Å². The summed E-state index contributed by atoms with van der Waals surface area (Å²) in [6, 6.07) is 2.37. The van der Waals surface area contributed by atoms with E-state index in [1.165, 1.54) is 7.11 Å². The maximum absolute atomic E-state index is 11.6. The third kappa shape index (κ3) is 11.8. The zero-order chi connectivity index (χ0) is 19.9. The average molecular weight is 373 g/mol. The fraction of sp³-hybridized carbons (Fsp3) is 0.929. The van der Waals surface area contributed by atoms with Gasteiger partial charge in [-0.05, 0) is 27.7 Å². The van der Waals surface area contributed by atoms with Gasteiger partial charge in [-0.15, -0.1) is 0 Å². The van der Waals surface area contributed by atoms with Gasteiger partial charge in [0.25, 0.3) is 8.53 Å². The van der Waals surface area contributed by atoms with Crippen LogP contribution in [0, 0.1) is 11.3 Å². The lowest BCUT2D eigenvalue weighted by molar-refractivity contribution is 0.182. The maximum Gasteiger partial charge on any atom is 0.259 e. The van der Waals surface area contributed by atoms with E-state index in [1.54, 1.807) is 0 Å². The summed E-state index contributed by atoms with van der Waals surface area (Å²) in [5.74, 6) is -0.266. The molecule has 0 aliphatic carbocycles. The highest BCUT2D eigenvalue weighted by molar-refractivity contribution is 7.91. The fourth-order valence-electron chi connectivity index (χ4n) is 1.66. The summed E-state index contributed by atoms with van der Waals surface area (Å²) in [5, 5.41) is 12.1. The van der Waals surface area contributed by atoms with E-state index in [4.69, 9.17) is 17.1 Å². The monoisotopic (exact) mass is 373 g/mol. The number of hydrogen-bond donors (Lipinski definition) is 1. The fourth-order valence-corrected chi connectivity index (χ4v) is 3.91. The predicted molar refractivity (Wildman–Crippen MR) is 93.6 cm³/mol. The quantitative estimate of drug-likeness (QED) is 0.438. The third-order valence-corrected chi connectivity index (χ3v) is 6.09. The maximum atomic E-state index is 11.6. The van der Waals surface area contributed by atoms with Crippen LogP contribution in [0.3, 0.4) is 0 Å². The van der Waals surface area contributed by atoms with Crippen LogP contribution in [0.1, 0.15) is 42.4 Å². The van der Waals surface area contributed by atoms with Gasteiger partial charge in [-0.25, -0.2) is 13.1 Å². The van der Waals surface area contributed by atoms with Crippen LogP contribution in [0.4, 0.5) is 0 Å². The summed E-state index contributed by atoms with van der Waals surface area (Å²) in [7, 11) is -3.36. The largest absolute Gasteiger partial charge is 0.400 e. The summed E-state index contributed by atoms with van der Waals surface area (Å²) < 4.78 is 49.3. The Hall–Kier alpha value is -0.290. The first kappa shape index (κ1) is 20.8. The van der Waals surface area contributed by atoms with Crippen molar-refractivity contribution >= 4 is 18.4 Å². The topological polar surface area (TPSA) is 99.9 Å². The molecule has 0 aromatic heterocycles. The molecule has 138 valence electrons. The van der Waals surface area contributed by atoms with Crippen molar-refractivity contribution in [3.8, 4) is 6.07 Å². The van der Waals surface area contributed by atoms with Crippen LogP contribution in [-0.2, 0) is 18.9 Å². The molecule has 0 aromatic carbocycles. The number of nitrogens with zero attached hydrogens (tertiary/aromatic N) is 2. The van der Waals surface area contributed by atoms with Crippen molar-refractivity contribution in [2.75, 3.05) is 31.8 Å². The Balaban J connectivity index is 0. The van der Waals surface area contributed by atoms with Gasteiger partial charge in [-0.1, -0.05) is 6.90 Å². The molecule has 0 aromatic rings. The highest BCUT2D eigenvalue weighted by atomic mass is 32.2. The van der Waals surface area contributed by atoms with Crippen LogP contribution in [0.25, 0.3) is 0 Å². The first-order valence-corrected chi connectivity index (χ1v) is 10.3. The molecule has 0 amide bonds. The van der Waals surface area contributed by atoms with E-state index in [0.717, 1.165) is 0 Å². The zero-order valence-corrected chi connectivity index (χ0v) is 16.4. The summed E-state index contributed by atoms with van der Waals surface area (Å²) in [6.07, 6.45) is 0.267. The van der Waals surface area contributed by atoms with Crippen molar-refractivity contribution < 1.29 is 23.9 Å². The van der Waals surface area contributed by atoms with Gasteiger partial charge in [0.2, 0.25) is 1.43 Å². The number of nitriles is 1. The van der Waals surface area contributed by atoms with E-state index in [2.05, 4.69) is 5.11 Å². The molecule has 1 unspecified atom stereocenters. The normalized spacial score (nSPS) is 14.0. The van der Waals surface area contributed by atoms with Crippen LogP contribution in [-0.4, -0.2) is 63.5 Å². The molecule has 0 radical (unpaired) electrons. The van der Waals surface area contributed by atoms with E-state index < -0.39 is 18.4 Å². The third-order valence-electron chi connectivity index (χ3n) is 2.57. The lowest BCUT2D eigenvalue weighted by Crippen LogP contribution is -2.34. The first-order chi connectivity index (χ1) is 11.7. The Kier molecular flexibility index (Phi) is 12.7. The van der Waals surface area contributed by atoms with E-state index in [1.807, 2.05) is 38.4 Å². The Morgan fingerprint density at radius 3 is 2.30 bits per heavy atom.